The average Bonchev–Trinajstić information content (AvgIpc) is 2.11. The van der Waals surface area contributed by atoms with Crippen molar-refractivity contribution in [2.45, 2.75) is 0 Å². The Morgan fingerprint density at radius 3 is 0.826 bits per heavy atom. The van der Waals surface area contributed by atoms with E-state index in [0.717, 1.165) is 22.1 Å². The van der Waals surface area contributed by atoms with Gasteiger partial charge >= 0.3 is 37.7 Å². The number of nitrogens with zero attached hydrogens (tertiary/aromatic N) is 2. The minimum atomic E-state index is -2.33. The minimum Gasteiger partial charge on any atom is -0.652 e. The van der Waals surface area contributed by atoms with Gasteiger partial charge in [-0.15, -0.1) is 0 Å². The predicted octanol–water partition coefficient (Wildman–Crippen LogP) is -5.90. The molecule has 23 heavy (non-hydrogen) atoms. The second kappa shape index (κ2) is 19.7. The third kappa shape index (κ3) is 143. The number of hydrogen-bond donors (Lipinski definition) is 2. The van der Waals surface area contributed by atoms with E-state index in [2.05, 4.69) is 42.3 Å². The van der Waals surface area contributed by atoms with Crippen molar-refractivity contribution in [2.24, 2.45) is 0 Å². The predicted molar refractivity (Wildman–Crippen MR) is 76.5 cm³/mol. The SMILES string of the molecule is C[N+](C)(C)CCO.C[N+](C)(C)CCO.O=C([O-])[O-].O=C([O-])[O-].[Ca+2]. The van der Waals surface area contributed by atoms with Crippen LogP contribution in [0.15, 0.2) is 0 Å². The molecule has 0 bridgehead atoms. The maximum Gasteiger partial charge on any atom is 2.00 e. The van der Waals surface area contributed by atoms with Crippen LogP contribution in [0, 0.1) is 0 Å². The zero-order chi connectivity index (χ0) is 19.0. The van der Waals surface area contributed by atoms with Crippen LogP contribution in [0.5, 0.6) is 0 Å². The van der Waals surface area contributed by atoms with E-state index < -0.39 is 12.3 Å². The van der Waals surface area contributed by atoms with E-state index in [1.807, 2.05) is 0 Å². The summed E-state index contributed by atoms with van der Waals surface area (Å²) < 4.78 is 1.69. The molecule has 0 heterocycles. The van der Waals surface area contributed by atoms with E-state index >= 15 is 0 Å². The summed E-state index contributed by atoms with van der Waals surface area (Å²) in [6, 6.07) is 0. The Balaban J connectivity index is -0.0000000639. The second-order valence-electron chi connectivity index (χ2n) is 5.98. The van der Waals surface area contributed by atoms with Gasteiger partial charge in [0.15, 0.2) is 0 Å². The van der Waals surface area contributed by atoms with Gasteiger partial charge in [0.05, 0.1) is 55.5 Å². The molecule has 0 aliphatic heterocycles. The first-order valence-corrected chi connectivity index (χ1v) is 6.17. The van der Waals surface area contributed by atoms with Crippen molar-refractivity contribution < 1.29 is 49.2 Å². The zero-order valence-electron chi connectivity index (χ0n) is 14.8. The second-order valence-corrected chi connectivity index (χ2v) is 5.98. The summed E-state index contributed by atoms with van der Waals surface area (Å²) in [6.07, 6.45) is -4.67. The molecule has 0 aliphatic rings. The standard InChI is InChI=1S/2C5H14NO.2CH2O3.Ca/c2*1-6(2,3)4-5-7;2*2-1(3)4;/h2*7H,4-5H2,1-3H3;2*(H2,2,3,4);/q2*+1;;;+2/p-4. The van der Waals surface area contributed by atoms with Crippen LogP contribution >= 0.6 is 0 Å². The van der Waals surface area contributed by atoms with Crippen LogP contribution in [-0.2, 0) is 0 Å². The van der Waals surface area contributed by atoms with E-state index in [-0.39, 0.29) is 51.0 Å². The number of aliphatic hydroxyl groups is 2. The van der Waals surface area contributed by atoms with Crippen molar-refractivity contribution in [1.82, 2.24) is 0 Å². The van der Waals surface area contributed by atoms with Crippen molar-refractivity contribution >= 4 is 50.0 Å². The molecular weight excluding hydrogens is 340 g/mol. The van der Waals surface area contributed by atoms with Gasteiger partial charge in [0.2, 0.25) is 0 Å². The molecule has 0 aliphatic carbocycles. The molecule has 0 amide bonds. The van der Waals surface area contributed by atoms with Gasteiger partial charge in [0.25, 0.3) is 0 Å². The van der Waals surface area contributed by atoms with Crippen LogP contribution in [0.1, 0.15) is 0 Å². The topological polar surface area (TPSA) is 167 Å². The molecule has 0 saturated carbocycles. The number of carboxylic acid groups (broad SMARTS) is 4. The van der Waals surface area contributed by atoms with E-state index in [9.17, 15) is 0 Å². The number of carbonyl (C=O) groups excluding carboxylic acids is 2. The fourth-order valence-corrected chi connectivity index (χ4v) is 0.600. The molecule has 0 aromatic heterocycles. The molecule has 0 aromatic carbocycles. The van der Waals surface area contributed by atoms with Crippen LogP contribution in [0.2, 0.25) is 0 Å². The number of aliphatic hydroxyl groups excluding tert-OH is 2. The maximum absolute atomic E-state index is 8.39. The third-order valence-electron chi connectivity index (χ3n) is 1.54. The zero-order valence-corrected chi connectivity index (χ0v) is 17.0. The molecule has 136 valence electrons. The molecular formula is C12H28CaN2O8. The summed E-state index contributed by atoms with van der Waals surface area (Å²) in [7, 11) is 12.3. The Morgan fingerprint density at radius 1 is 0.696 bits per heavy atom. The quantitative estimate of drug-likeness (QED) is 0.365. The number of quaternary nitrogens is 2. The van der Waals surface area contributed by atoms with E-state index in [0.29, 0.717) is 0 Å². The Labute approximate surface area is 167 Å². The normalized spacial score (nSPS) is 9.39. The van der Waals surface area contributed by atoms with Crippen molar-refractivity contribution in [2.75, 3.05) is 68.6 Å². The third-order valence-corrected chi connectivity index (χ3v) is 1.54. The van der Waals surface area contributed by atoms with Gasteiger partial charge in [-0.05, 0) is 12.3 Å². The Kier molecular flexibility index (Phi) is 29.2. The average molecular weight is 368 g/mol. The number of hydrogen-bond acceptors (Lipinski definition) is 8. The van der Waals surface area contributed by atoms with Crippen LogP contribution in [0.25, 0.3) is 0 Å². The Bertz CT molecular complexity index is 241. The van der Waals surface area contributed by atoms with Crippen molar-refractivity contribution in [3.8, 4) is 0 Å². The van der Waals surface area contributed by atoms with Gasteiger partial charge < -0.3 is 49.2 Å². The van der Waals surface area contributed by atoms with Crippen molar-refractivity contribution in [3.63, 3.8) is 0 Å². The van der Waals surface area contributed by atoms with Gasteiger partial charge in [-0.2, -0.15) is 0 Å². The first-order chi connectivity index (χ1) is 9.59. The molecule has 0 spiro atoms. The molecule has 0 saturated heterocycles. The van der Waals surface area contributed by atoms with Gasteiger partial charge in [-0.25, -0.2) is 0 Å². The molecule has 0 radical (unpaired) electrons. The van der Waals surface area contributed by atoms with Crippen LogP contribution in [0.3, 0.4) is 0 Å². The summed E-state index contributed by atoms with van der Waals surface area (Å²) in [6.45, 7) is 2.23. The largest absolute Gasteiger partial charge is 2.00 e. The van der Waals surface area contributed by atoms with Crippen LogP contribution in [0.4, 0.5) is 9.59 Å². The van der Waals surface area contributed by atoms with Gasteiger partial charge in [-0.3, -0.25) is 0 Å². The van der Waals surface area contributed by atoms with E-state index in [1.165, 1.54) is 0 Å². The Morgan fingerprint density at radius 2 is 0.826 bits per heavy atom. The van der Waals surface area contributed by atoms with Crippen LogP contribution in [-0.4, -0.2) is 138 Å². The molecule has 0 aromatic rings. The molecule has 10 nitrogen and oxygen atoms in total. The first kappa shape index (κ1) is 34.1. The molecule has 2 N–H and O–H groups in total. The smallest absolute Gasteiger partial charge is 0.652 e. The van der Waals surface area contributed by atoms with Crippen molar-refractivity contribution in [3.05, 3.63) is 0 Å². The summed E-state index contributed by atoms with van der Waals surface area (Å²) in [5, 5.41) is 50.1. The summed E-state index contributed by atoms with van der Waals surface area (Å²) in [5.41, 5.74) is 0. The number of likely N-dealkylation sites (N-methyl/N-ethyl adjacent to an activating group) is 2. The maximum atomic E-state index is 8.39. The number of rotatable bonds is 4. The van der Waals surface area contributed by atoms with E-state index in [4.69, 9.17) is 40.2 Å². The fraction of sp³-hybridized carbons (Fsp3) is 0.833. The minimum absolute atomic E-state index is 0. The summed E-state index contributed by atoms with van der Waals surface area (Å²) >= 11 is 0. The molecule has 0 rings (SSSR count). The van der Waals surface area contributed by atoms with Gasteiger partial charge in [0.1, 0.15) is 13.1 Å². The van der Waals surface area contributed by atoms with Crippen molar-refractivity contribution in [1.29, 1.82) is 0 Å². The summed E-state index contributed by atoms with van der Waals surface area (Å²) in [5.74, 6) is 0. The molecule has 0 unspecified atom stereocenters. The van der Waals surface area contributed by atoms with E-state index in [1.54, 1.807) is 0 Å². The van der Waals surface area contributed by atoms with Crippen LogP contribution < -0.4 is 20.4 Å². The molecule has 0 fully saturated rings. The molecule has 11 heteroatoms. The summed E-state index contributed by atoms with van der Waals surface area (Å²) in [4.78, 5) is 16.7. The Hall–Kier alpha value is -0.360. The molecule has 0 atom stereocenters. The first-order valence-electron chi connectivity index (χ1n) is 6.17. The van der Waals surface area contributed by atoms with Gasteiger partial charge in [-0.1, -0.05) is 0 Å². The van der Waals surface area contributed by atoms with Gasteiger partial charge in [0, 0.05) is 0 Å². The monoisotopic (exact) mass is 368 g/mol. The fourth-order valence-electron chi connectivity index (χ4n) is 0.600. The number of carbonyl (C=O) groups is 2.